The third-order valence-corrected chi connectivity index (χ3v) is 3.12. The van der Waals surface area contributed by atoms with Crippen molar-refractivity contribution >= 4 is 5.91 Å². The highest BCUT2D eigenvalue weighted by atomic mass is 16.5. The molecule has 6 nitrogen and oxygen atoms in total. The van der Waals surface area contributed by atoms with E-state index in [1.54, 1.807) is 18.2 Å². The zero-order valence-corrected chi connectivity index (χ0v) is 9.95. The predicted octanol–water partition coefficient (Wildman–Crippen LogP) is -0.370. The first-order valence-electron chi connectivity index (χ1n) is 5.76. The summed E-state index contributed by atoms with van der Waals surface area (Å²) in [6.45, 7) is 1.64. The minimum Gasteiger partial charge on any atom is -0.377 e. The Kier molecular flexibility index (Phi) is 3.75. The molecule has 17 heavy (non-hydrogen) atoms. The first-order chi connectivity index (χ1) is 8.26. The molecule has 1 aliphatic heterocycles. The van der Waals surface area contributed by atoms with Crippen LogP contribution in [0, 0.1) is 0 Å². The lowest BCUT2D eigenvalue weighted by Crippen LogP contribution is -2.31. The molecule has 0 radical (unpaired) electrons. The second-order valence-electron chi connectivity index (χ2n) is 4.16. The number of nitrogens with two attached hydrogens (primary N) is 1. The number of rotatable bonds is 4. The lowest BCUT2D eigenvalue weighted by molar-refractivity contribution is -0.130. The van der Waals surface area contributed by atoms with Crippen molar-refractivity contribution in [3.63, 3.8) is 0 Å². The molecular weight excluding hydrogens is 220 g/mol. The highest BCUT2D eigenvalue weighted by Crippen LogP contribution is 2.24. The molecule has 1 aromatic rings. The molecule has 1 aliphatic rings. The summed E-state index contributed by atoms with van der Waals surface area (Å²) in [6.07, 6.45) is 4.02. The van der Waals surface area contributed by atoms with E-state index in [4.69, 9.17) is 10.5 Å². The summed E-state index contributed by atoms with van der Waals surface area (Å²) in [5.41, 5.74) is 5.40. The van der Waals surface area contributed by atoms with Crippen molar-refractivity contribution in [3.05, 3.63) is 18.5 Å². The van der Waals surface area contributed by atoms with E-state index < -0.39 is 0 Å². The minimum absolute atomic E-state index is 0.00313. The molecule has 0 unspecified atom stereocenters. The number of methoxy groups -OCH3 is 1. The molecule has 0 aliphatic carbocycles. The van der Waals surface area contributed by atoms with Crippen LogP contribution < -0.4 is 5.73 Å². The summed E-state index contributed by atoms with van der Waals surface area (Å²) in [7, 11) is 1.66. The normalized spacial score (nSPS) is 24.2. The molecule has 1 amide bonds. The smallest absolute Gasteiger partial charge is 0.224 e. The summed E-state index contributed by atoms with van der Waals surface area (Å²) < 4.78 is 7.27. The second kappa shape index (κ2) is 5.29. The van der Waals surface area contributed by atoms with Crippen LogP contribution in [0.1, 0.15) is 12.5 Å². The van der Waals surface area contributed by atoms with Crippen LogP contribution in [-0.4, -0.2) is 53.4 Å². The molecule has 6 heteroatoms. The van der Waals surface area contributed by atoms with Crippen molar-refractivity contribution in [3.8, 4) is 0 Å². The number of carbonyl (C=O) groups excluding carboxylic acids is 1. The van der Waals surface area contributed by atoms with Gasteiger partial charge in [0.15, 0.2) is 0 Å². The van der Waals surface area contributed by atoms with E-state index in [1.165, 1.54) is 0 Å². The van der Waals surface area contributed by atoms with Crippen molar-refractivity contribution < 1.29 is 9.53 Å². The molecule has 2 rings (SSSR count). The number of nitrogens with zero attached hydrogens (tertiary/aromatic N) is 3. The molecule has 2 heterocycles. The highest BCUT2D eigenvalue weighted by molar-refractivity contribution is 5.76. The Labute approximate surface area is 100 Å². The molecule has 0 spiro atoms. The Hall–Kier alpha value is -1.40. The van der Waals surface area contributed by atoms with E-state index in [-0.39, 0.29) is 18.1 Å². The standard InChI is InChI=1S/C11H18N4O2/c1-17-10-8-14(11(16)3-4-12)7-9(10)15-6-2-5-13-15/h2,5-6,9-10H,3-4,7-8,12H2,1H3/t9-,10+/m1/s1. The monoisotopic (exact) mass is 238 g/mol. The number of carbonyl (C=O) groups is 1. The van der Waals surface area contributed by atoms with Gasteiger partial charge in [-0.05, 0) is 6.07 Å². The van der Waals surface area contributed by atoms with Gasteiger partial charge in [0.1, 0.15) is 0 Å². The van der Waals surface area contributed by atoms with Gasteiger partial charge in [0, 0.05) is 45.6 Å². The van der Waals surface area contributed by atoms with Crippen molar-refractivity contribution in [2.24, 2.45) is 5.73 Å². The van der Waals surface area contributed by atoms with Crippen LogP contribution in [0.25, 0.3) is 0 Å². The number of likely N-dealkylation sites (tertiary alicyclic amines) is 1. The number of amides is 1. The van der Waals surface area contributed by atoms with Crippen molar-refractivity contribution in [2.75, 3.05) is 26.7 Å². The summed E-state index contributed by atoms with van der Waals surface area (Å²) in [4.78, 5) is 13.6. The Balaban J connectivity index is 2.06. The topological polar surface area (TPSA) is 73.4 Å². The summed E-state index contributed by atoms with van der Waals surface area (Å²) >= 11 is 0. The van der Waals surface area contributed by atoms with Gasteiger partial charge in [-0.3, -0.25) is 9.48 Å². The maximum atomic E-state index is 11.8. The largest absolute Gasteiger partial charge is 0.377 e. The SMILES string of the molecule is CO[C@H]1CN(C(=O)CCN)C[C@H]1n1cccn1. The van der Waals surface area contributed by atoms with Gasteiger partial charge in [-0.25, -0.2) is 0 Å². The van der Waals surface area contributed by atoms with E-state index in [1.807, 2.05) is 16.9 Å². The van der Waals surface area contributed by atoms with Crippen LogP contribution in [0.4, 0.5) is 0 Å². The number of aromatic nitrogens is 2. The lowest BCUT2D eigenvalue weighted by Gasteiger charge is -2.16. The van der Waals surface area contributed by atoms with Crippen LogP contribution >= 0.6 is 0 Å². The minimum atomic E-state index is -0.00313. The summed E-state index contributed by atoms with van der Waals surface area (Å²) in [5.74, 6) is 0.0872. The van der Waals surface area contributed by atoms with E-state index in [0.29, 0.717) is 26.1 Å². The molecule has 94 valence electrons. The van der Waals surface area contributed by atoms with E-state index in [9.17, 15) is 4.79 Å². The van der Waals surface area contributed by atoms with Gasteiger partial charge in [0.05, 0.1) is 12.1 Å². The van der Waals surface area contributed by atoms with Crippen LogP contribution in [-0.2, 0) is 9.53 Å². The highest BCUT2D eigenvalue weighted by Gasteiger charge is 2.36. The molecule has 0 aromatic carbocycles. The zero-order chi connectivity index (χ0) is 12.3. The first kappa shape index (κ1) is 12.1. The summed E-state index contributed by atoms with van der Waals surface area (Å²) in [5, 5.41) is 4.21. The fourth-order valence-corrected chi connectivity index (χ4v) is 2.20. The third-order valence-electron chi connectivity index (χ3n) is 3.12. The Morgan fingerprint density at radius 2 is 2.41 bits per heavy atom. The third kappa shape index (κ3) is 2.48. The van der Waals surface area contributed by atoms with Gasteiger partial charge in [0.2, 0.25) is 5.91 Å². The molecule has 1 fully saturated rings. The average Bonchev–Trinajstić information content (AvgIpc) is 2.97. The van der Waals surface area contributed by atoms with Gasteiger partial charge in [0.25, 0.3) is 0 Å². The first-order valence-corrected chi connectivity index (χ1v) is 5.76. The average molecular weight is 238 g/mol. The van der Waals surface area contributed by atoms with E-state index in [0.717, 1.165) is 0 Å². The Morgan fingerprint density at radius 1 is 1.59 bits per heavy atom. The predicted molar refractivity (Wildman–Crippen MR) is 62.3 cm³/mol. The number of hydrogen-bond acceptors (Lipinski definition) is 4. The molecule has 2 N–H and O–H groups in total. The van der Waals surface area contributed by atoms with Crippen LogP contribution in [0.15, 0.2) is 18.5 Å². The molecule has 2 atom stereocenters. The van der Waals surface area contributed by atoms with Crippen molar-refractivity contribution in [1.82, 2.24) is 14.7 Å². The maximum absolute atomic E-state index is 11.8. The van der Waals surface area contributed by atoms with Gasteiger partial charge < -0.3 is 15.4 Å². The fourth-order valence-electron chi connectivity index (χ4n) is 2.20. The van der Waals surface area contributed by atoms with Gasteiger partial charge >= 0.3 is 0 Å². The van der Waals surface area contributed by atoms with Gasteiger partial charge in [-0.1, -0.05) is 0 Å². The van der Waals surface area contributed by atoms with E-state index >= 15 is 0 Å². The molecule has 1 saturated heterocycles. The molecule has 0 saturated carbocycles. The number of hydrogen-bond donors (Lipinski definition) is 1. The van der Waals surface area contributed by atoms with Crippen LogP contribution in [0.5, 0.6) is 0 Å². The Morgan fingerprint density at radius 3 is 3.00 bits per heavy atom. The molecule has 0 bridgehead atoms. The van der Waals surface area contributed by atoms with Gasteiger partial charge in [-0.15, -0.1) is 0 Å². The van der Waals surface area contributed by atoms with Crippen LogP contribution in [0.2, 0.25) is 0 Å². The quantitative estimate of drug-likeness (QED) is 0.776. The van der Waals surface area contributed by atoms with E-state index in [2.05, 4.69) is 5.10 Å². The van der Waals surface area contributed by atoms with Crippen molar-refractivity contribution in [1.29, 1.82) is 0 Å². The second-order valence-corrected chi connectivity index (χ2v) is 4.16. The number of ether oxygens (including phenoxy) is 1. The molecule has 1 aromatic heterocycles. The Bertz CT molecular complexity index is 366. The fraction of sp³-hybridized carbons (Fsp3) is 0.636. The maximum Gasteiger partial charge on any atom is 0.224 e. The van der Waals surface area contributed by atoms with Crippen molar-refractivity contribution in [2.45, 2.75) is 18.6 Å². The molecular formula is C11H18N4O2. The summed E-state index contributed by atoms with van der Waals surface area (Å²) in [6, 6.07) is 1.97. The lowest BCUT2D eigenvalue weighted by atomic mass is 10.2. The van der Waals surface area contributed by atoms with Gasteiger partial charge in [-0.2, -0.15) is 5.10 Å². The van der Waals surface area contributed by atoms with Crippen LogP contribution in [0.3, 0.4) is 0 Å². The zero-order valence-electron chi connectivity index (χ0n) is 9.95.